The van der Waals surface area contributed by atoms with Gasteiger partial charge >= 0.3 is 0 Å². The number of pyridine rings is 1. The molecular weight excluding hydrogens is 258 g/mol. The normalized spacial score (nSPS) is 22.5. The van der Waals surface area contributed by atoms with E-state index in [1.165, 1.54) is 0 Å². The number of β-amino-alcohol motifs (C(OH)–C–C–N with tert-alkyl or cyclic N) is 2. The largest absolute Gasteiger partial charge is 0.388 e. The number of aromatic amines is 1. The van der Waals surface area contributed by atoms with E-state index in [0.29, 0.717) is 0 Å². The molecule has 102 valence electrons. The summed E-state index contributed by atoms with van der Waals surface area (Å²) < 4.78 is 0. The molecule has 1 aromatic heterocycles. The fraction of sp³-hybridized carbons (Fsp3) is 0.400. The number of aromatic nitrogens is 1. The molecule has 0 radical (unpaired) electrons. The molecule has 2 unspecified atom stereocenters. The summed E-state index contributed by atoms with van der Waals surface area (Å²) in [4.78, 5) is 36.5. The van der Waals surface area contributed by atoms with Crippen molar-refractivity contribution in [3.8, 4) is 0 Å². The summed E-state index contributed by atoms with van der Waals surface area (Å²) in [7, 11) is 0. The first-order valence-corrected chi connectivity index (χ1v) is 5.42. The van der Waals surface area contributed by atoms with E-state index >= 15 is 0 Å². The van der Waals surface area contributed by atoms with Crippen LogP contribution in [0.1, 0.15) is 10.4 Å². The average molecular weight is 269 g/mol. The Morgan fingerprint density at radius 2 is 2.00 bits per heavy atom. The fourth-order valence-electron chi connectivity index (χ4n) is 1.84. The maximum atomic E-state index is 12.0. The number of hydrogen-bond donors (Lipinski definition) is 3. The Hall–Kier alpha value is -2.26. The Kier molecular flexibility index (Phi) is 3.32. The Bertz CT molecular complexity index is 573. The SMILES string of the molecule is O=C(c1cc([N+](=O)[O-])c[nH]c1=O)N1CC(O)C(O)C1. The van der Waals surface area contributed by atoms with Crippen LogP contribution in [0.2, 0.25) is 0 Å². The highest BCUT2D eigenvalue weighted by atomic mass is 16.6. The summed E-state index contributed by atoms with van der Waals surface area (Å²) in [5, 5.41) is 29.3. The van der Waals surface area contributed by atoms with E-state index < -0.39 is 39.8 Å². The molecule has 1 aliphatic rings. The predicted molar refractivity (Wildman–Crippen MR) is 61.6 cm³/mol. The summed E-state index contributed by atoms with van der Waals surface area (Å²) in [5.74, 6) is -0.763. The van der Waals surface area contributed by atoms with Gasteiger partial charge in [0.15, 0.2) is 0 Å². The second-order valence-electron chi connectivity index (χ2n) is 4.20. The van der Waals surface area contributed by atoms with E-state index in [9.17, 15) is 29.9 Å². The molecule has 0 aromatic carbocycles. The highest BCUT2D eigenvalue weighted by molar-refractivity contribution is 5.94. The molecule has 1 amide bonds. The molecule has 1 aliphatic heterocycles. The van der Waals surface area contributed by atoms with Crippen LogP contribution in [-0.4, -0.2) is 56.2 Å². The van der Waals surface area contributed by atoms with Crippen LogP contribution in [-0.2, 0) is 0 Å². The molecule has 9 heteroatoms. The number of carbonyl (C=O) groups is 1. The van der Waals surface area contributed by atoms with Gasteiger partial charge in [0.2, 0.25) is 0 Å². The number of likely N-dealkylation sites (tertiary alicyclic amines) is 1. The van der Waals surface area contributed by atoms with Crippen LogP contribution in [0, 0.1) is 10.1 Å². The van der Waals surface area contributed by atoms with Gasteiger partial charge in [-0.05, 0) is 0 Å². The third kappa shape index (κ3) is 2.46. The lowest BCUT2D eigenvalue weighted by molar-refractivity contribution is -0.385. The van der Waals surface area contributed by atoms with Gasteiger partial charge in [-0.1, -0.05) is 0 Å². The third-order valence-electron chi connectivity index (χ3n) is 2.88. The van der Waals surface area contributed by atoms with Crippen molar-refractivity contribution in [1.82, 2.24) is 9.88 Å². The molecule has 0 aliphatic carbocycles. The lowest BCUT2D eigenvalue weighted by Gasteiger charge is -2.14. The predicted octanol–water partition coefficient (Wildman–Crippen LogP) is -1.54. The molecule has 0 spiro atoms. The van der Waals surface area contributed by atoms with Crippen molar-refractivity contribution in [3.63, 3.8) is 0 Å². The second kappa shape index (κ2) is 4.78. The Morgan fingerprint density at radius 1 is 1.42 bits per heavy atom. The molecule has 1 saturated heterocycles. The highest BCUT2D eigenvalue weighted by Crippen LogP contribution is 2.15. The molecule has 1 fully saturated rings. The van der Waals surface area contributed by atoms with E-state index in [1.54, 1.807) is 0 Å². The van der Waals surface area contributed by atoms with E-state index in [4.69, 9.17) is 0 Å². The van der Waals surface area contributed by atoms with E-state index in [1.807, 2.05) is 0 Å². The number of H-pyrrole nitrogens is 1. The smallest absolute Gasteiger partial charge is 0.286 e. The lowest BCUT2D eigenvalue weighted by atomic mass is 10.2. The first-order chi connectivity index (χ1) is 8.90. The summed E-state index contributed by atoms with van der Waals surface area (Å²) in [5.41, 5.74) is -1.56. The van der Waals surface area contributed by atoms with Gasteiger partial charge in [-0.15, -0.1) is 0 Å². The van der Waals surface area contributed by atoms with Crippen LogP contribution in [0.15, 0.2) is 17.1 Å². The minimum absolute atomic E-state index is 0.123. The van der Waals surface area contributed by atoms with Crippen molar-refractivity contribution in [2.75, 3.05) is 13.1 Å². The zero-order valence-electron chi connectivity index (χ0n) is 9.65. The third-order valence-corrected chi connectivity index (χ3v) is 2.88. The van der Waals surface area contributed by atoms with Gasteiger partial charge in [0, 0.05) is 19.2 Å². The number of rotatable bonds is 2. The standard InChI is InChI=1S/C10H11N3O6/c14-7-3-12(4-8(7)15)10(17)6-1-5(13(18)19)2-11-9(6)16/h1-2,7-8,14-15H,3-4H2,(H,11,16). The fourth-order valence-corrected chi connectivity index (χ4v) is 1.84. The molecule has 3 N–H and O–H groups in total. The second-order valence-corrected chi connectivity index (χ2v) is 4.20. The first kappa shape index (κ1) is 13.2. The summed E-state index contributed by atoms with van der Waals surface area (Å²) >= 11 is 0. The minimum Gasteiger partial charge on any atom is -0.388 e. The maximum absolute atomic E-state index is 12.0. The maximum Gasteiger partial charge on any atom is 0.286 e. The van der Waals surface area contributed by atoms with Crippen molar-refractivity contribution < 1.29 is 19.9 Å². The molecule has 2 rings (SSSR count). The van der Waals surface area contributed by atoms with Crippen molar-refractivity contribution in [3.05, 3.63) is 38.3 Å². The molecule has 1 aromatic rings. The Morgan fingerprint density at radius 3 is 2.53 bits per heavy atom. The number of hydrogen-bond acceptors (Lipinski definition) is 6. The molecule has 2 atom stereocenters. The van der Waals surface area contributed by atoms with Crippen molar-refractivity contribution in [1.29, 1.82) is 0 Å². The van der Waals surface area contributed by atoms with Gasteiger partial charge in [0.25, 0.3) is 17.2 Å². The summed E-state index contributed by atoms with van der Waals surface area (Å²) in [6.45, 7) is -0.246. The Labute approximate surface area is 106 Å². The van der Waals surface area contributed by atoms with Gasteiger partial charge in [-0.25, -0.2) is 0 Å². The van der Waals surface area contributed by atoms with Crippen LogP contribution in [0.4, 0.5) is 5.69 Å². The average Bonchev–Trinajstić information content (AvgIpc) is 2.69. The van der Waals surface area contributed by atoms with Crippen LogP contribution in [0.3, 0.4) is 0 Å². The van der Waals surface area contributed by atoms with Gasteiger partial charge in [0.1, 0.15) is 5.56 Å². The van der Waals surface area contributed by atoms with Crippen molar-refractivity contribution in [2.45, 2.75) is 12.2 Å². The Balaban J connectivity index is 2.31. The monoisotopic (exact) mass is 269 g/mol. The number of aliphatic hydroxyl groups excluding tert-OH is 2. The zero-order valence-corrected chi connectivity index (χ0v) is 9.65. The number of nitrogens with one attached hydrogen (secondary N) is 1. The van der Waals surface area contributed by atoms with E-state index in [2.05, 4.69) is 4.98 Å². The van der Waals surface area contributed by atoms with E-state index in [-0.39, 0.29) is 13.1 Å². The minimum atomic E-state index is -1.08. The molecule has 19 heavy (non-hydrogen) atoms. The van der Waals surface area contributed by atoms with Gasteiger partial charge in [-0.3, -0.25) is 19.7 Å². The first-order valence-electron chi connectivity index (χ1n) is 5.42. The number of nitrogens with zero attached hydrogens (tertiary/aromatic N) is 2. The number of carbonyl (C=O) groups excluding carboxylic acids is 1. The summed E-state index contributed by atoms with van der Waals surface area (Å²) in [6.07, 6.45) is -1.27. The zero-order chi connectivity index (χ0) is 14.2. The number of aliphatic hydroxyl groups is 2. The van der Waals surface area contributed by atoms with Crippen LogP contribution >= 0.6 is 0 Å². The highest BCUT2D eigenvalue weighted by Gasteiger charge is 2.34. The molecule has 2 heterocycles. The molecule has 9 nitrogen and oxygen atoms in total. The van der Waals surface area contributed by atoms with Crippen molar-refractivity contribution >= 4 is 11.6 Å². The van der Waals surface area contributed by atoms with E-state index in [0.717, 1.165) is 17.2 Å². The quantitative estimate of drug-likeness (QED) is 0.439. The topological polar surface area (TPSA) is 137 Å². The molecular formula is C10H11N3O6. The number of nitro groups is 1. The van der Waals surface area contributed by atoms with Crippen LogP contribution in [0.25, 0.3) is 0 Å². The van der Waals surface area contributed by atoms with Gasteiger partial charge in [0.05, 0.1) is 23.3 Å². The summed E-state index contributed by atoms with van der Waals surface area (Å²) in [6, 6.07) is 0.873. The number of amides is 1. The molecule has 0 saturated carbocycles. The van der Waals surface area contributed by atoms with Gasteiger partial charge < -0.3 is 20.1 Å². The van der Waals surface area contributed by atoms with Crippen LogP contribution in [0.5, 0.6) is 0 Å². The van der Waals surface area contributed by atoms with Gasteiger partial charge in [-0.2, -0.15) is 0 Å². The lowest BCUT2D eigenvalue weighted by Crippen LogP contribution is -2.34. The van der Waals surface area contributed by atoms with Crippen molar-refractivity contribution in [2.24, 2.45) is 0 Å². The van der Waals surface area contributed by atoms with Crippen LogP contribution < -0.4 is 5.56 Å². The molecule has 0 bridgehead atoms.